The number of pyridine rings is 1. The van der Waals surface area contributed by atoms with Crippen molar-refractivity contribution in [1.29, 1.82) is 0 Å². The maximum Gasteiger partial charge on any atom is 0.328 e. The van der Waals surface area contributed by atoms with Crippen LogP contribution >= 0.6 is 0 Å². The molecule has 0 fully saturated rings. The van der Waals surface area contributed by atoms with E-state index in [0.717, 1.165) is 16.5 Å². The van der Waals surface area contributed by atoms with E-state index in [2.05, 4.69) is 10.3 Å². The van der Waals surface area contributed by atoms with Gasteiger partial charge in [0.15, 0.2) is 11.5 Å². The van der Waals surface area contributed by atoms with Crippen LogP contribution in [-0.2, 0) is 9.53 Å². The number of esters is 1. The lowest BCUT2D eigenvalue weighted by Gasteiger charge is -2.14. The molecular formula is C14H14N2O4. The van der Waals surface area contributed by atoms with E-state index in [1.807, 2.05) is 18.2 Å². The summed E-state index contributed by atoms with van der Waals surface area (Å²) in [6.07, 6.45) is 1.68. The van der Waals surface area contributed by atoms with Gasteiger partial charge in [-0.05, 0) is 30.5 Å². The van der Waals surface area contributed by atoms with Crippen molar-refractivity contribution in [1.82, 2.24) is 4.98 Å². The quantitative estimate of drug-likeness (QED) is 0.862. The Morgan fingerprint density at radius 1 is 1.40 bits per heavy atom. The molecular weight excluding hydrogens is 260 g/mol. The van der Waals surface area contributed by atoms with Crippen LogP contribution < -0.4 is 14.8 Å². The minimum absolute atomic E-state index is 0.223. The maximum absolute atomic E-state index is 11.5. The van der Waals surface area contributed by atoms with Crippen LogP contribution in [0.5, 0.6) is 11.5 Å². The van der Waals surface area contributed by atoms with Crippen molar-refractivity contribution >= 4 is 22.6 Å². The number of rotatable bonds is 3. The first-order valence-electron chi connectivity index (χ1n) is 6.22. The number of fused-ring (bicyclic) bond motifs is 2. The first-order chi connectivity index (χ1) is 9.69. The number of methoxy groups -OCH3 is 1. The summed E-state index contributed by atoms with van der Waals surface area (Å²) in [4.78, 5) is 15.8. The molecule has 0 saturated heterocycles. The third-order valence-electron chi connectivity index (χ3n) is 3.17. The normalized spacial score (nSPS) is 14.1. The van der Waals surface area contributed by atoms with E-state index in [1.54, 1.807) is 13.1 Å². The van der Waals surface area contributed by atoms with Crippen LogP contribution in [0.15, 0.2) is 24.4 Å². The number of carbonyl (C=O) groups is 1. The summed E-state index contributed by atoms with van der Waals surface area (Å²) in [6, 6.07) is 5.15. The zero-order valence-corrected chi connectivity index (χ0v) is 11.2. The number of aromatic nitrogens is 1. The minimum Gasteiger partial charge on any atom is -0.467 e. The molecule has 0 amide bonds. The second-order valence-corrected chi connectivity index (χ2v) is 4.48. The summed E-state index contributed by atoms with van der Waals surface area (Å²) < 4.78 is 15.4. The largest absolute Gasteiger partial charge is 0.467 e. The van der Waals surface area contributed by atoms with E-state index in [0.29, 0.717) is 11.6 Å². The Labute approximate surface area is 115 Å². The van der Waals surface area contributed by atoms with Crippen molar-refractivity contribution in [3.05, 3.63) is 24.4 Å². The molecule has 3 rings (SSSR count). The second kappa shape index (κ2) is 4.88. The lowest BCUT2D eigenvalue weighted by Crippen LogP contribution is -2.27. The van der Waals surface area contributed by atoms with E-state index >= 15 is 0 Å². The molecule has 1 atom stereocenters. The average Bonchev–Trinajstić information content (AvgIpc) is 2.91. The summed E-state index contributed by atoms with van der Waals surface area (Å²) in [5.41, 5.74) is 0. The van der Waals surface area contributed by atoms with Crippen LogP contribution in [-0.4, -0.2) is 30.9 Å². The zero-order chi connectivity index (χ0) is 14.1. The van der Waals surface area contributed by atoms with Gasteiger partial charge in [0.1, 0.15) is 11.9 Å². The SMILES string of the molecule is COC(=O)C(C)Nc1nccc2cc3c(cc12)OCO3. The number of hydrogen-bond donors (Lipinski definition) is 1. The van der Waals surface area contributed by atoms with Crippen molar-refractivity contribution in [2.24, 2.45) is 0 Å². The highest BCUT2D eigenvalue weighted by Gasteiger charge is 2.18. The molecule has 1 aliphatic rings. The molecule has 2 heterocycles. The predicted octanol–water partition coefficient (Wildman–Crippen LogP) is 1.94. The highest BCUT2D eigenvalue weighted by molar-refractivity contribution is 5.95. The Morgan fingerprint density at radius 2 is 2.15 bits per heavy atom. The molecule has 2 aromatic rings. The fourth-order valence-corrected chi connectivity index (χ4v) is 2.12. The topological polar surface area (TPSA) is 69.7 Å². The van der Waals surface area contributed by atoms with Gasteiger partial charge in [-0.15, -0.1) is 0 Å². The molecule has 1 aromatic heterocycles. The Kier molecular flexibility index (Phi) is 3.06. The Morgan fingerprint density at radius 3 is 2.90 bits per heavy atom. The maximum atomic E-state index is 11.5. The smallest absolute Gasteiger partial charge is 0.328 e. The molecule has 1 unspecified atom stereocenters. The lowest BCUT2D eigenvalue weighted by molar-refractivity contribution is -0.141. The van der Waals surface area contributed by atoms with Crippen molar-refractivity contribution < 1.29 is 19.0 Å². The van der Waals surface area contributed by atoms with E-state index in [9.17, 15) is 4.79 Å². The van der Waals surface area contributed by atoms with E-state index in [1.165, 1.54) is 7.11 Å². The van der Waals surface area contributed by atoms with Crippen LogP contribution in [0.3, 0.4) is 0 Å². The zero-order valence-electron chi connectivity index (χ0n) is 11.2. The lowest BCUT2D eigenvalue weighted by atomic mass is 10.1. The molecule has 6 heteroatoms. The average molecular weight is 274 g/mol. The number of nitrogens with zero attached hydrogens (tertiary/aromatic N) is 1. The van der Waals surface area contributed by atoms with Crippen molar-refractivity contribution in [2.45, 2.75) is 13.0 Å². The second-order valence-electron chi connectivity index (χ2n) is 4.48. The molecule has 1 aromatic carbocycles. The van der Waals surface area contributed by atoms with Gasteiger partial charge in [0.25, 0.3) is 0 Å². The van der Waals surface area contributed by atoms with Crippen molar-refractivity contribution in [2.75, 3.05) is 19.2 Å². The number of hydrogen-bond acceptors (Lipinski definition) is 6. The summed E-state index contributed by atoms with van der Waals surface area (Å²) in [5.74, 6) is 1.66. The minimum atomic E-state index is -0.483. The molecule has 6 nitrogen and oxygen atoms in total. The molecule has 0 radical (unpaired) electrons. The van der Waals surface area contributed by atoms with Crippen LogP contribution in [0.1, 0.15) is 6.92 Å². The van der Waals surface area contributed by atoms with E-state index in [4.69, 9.17) is 14.2 Å². The van der Waals surface area contributed by atoms with Gasteiger partial charge in [0.05, 0.1) is 7.11 Å². The number of nitrogens with one attached hydrogen (secondary N) is 1. The molecule has 0 saturated carbocycles. The number of anilines is 1. The number of carbonyl (C=O) groups excluding carboxylic acids is 1. The van der Waals surface area contributed by atoms with E-state index in [-0.39, 0.29) is 12.8 Å². The van der Waals surface area contributed by atoms with Gasteiger partial charge in [0.2, 0.25) is 6.79 Å². The molecule has 1 N–H and O–H groups in total. The van der Waals surface area contributed by atoms with Crippen LogP contribution in [0.2, 0.25) is 0 Å². The van der Waals surface area contributed by atoms with Gasteiger partial charge in [-0.3, -0.25) is 0 Å². The van der Waals surface area contributed by atoms with Gasteiger partial charge in [-0.2, -0.15) is 0 Å². The fourth-order valence-electron chi connectivity index (χ4n) is 2.12. The number of ether oxygens (including phenoxy) is 3. The Hall–Kier alpha value is -2.50. The standard InChI is InChI=1S/C14H14N2O4/c1-8(14(17)18-2)16-13-10-6-12-11(19-7-20-12)5-9(10)3-4-15-13/h3-6,8H,7H2,1-2H3,(H,15,16). The molecule has 0 bridgehead atoms. The predicted molar refractivity (Wildman–Crippen MR) is 73.0 cm³/mol. The summed E-state index contributed by atoms with van der Waals surface area (Å²) >= 11 is 0. The molecule has 1 aliphatic heterocycles. The first-order valence-corrected chi connectivity index (χ1v) is 6.22. The Balaban J connectivity index is 2.01. The molecule has 0 aliphatic carbocycles. The van der Waals surface area contributed by atoms with Crippen molar-refractivity contribution in [3.8, 4) is 11.5 Å². The summed E-state index contributed by atoms with van der Waals surface area (Å²) in [5, 5.41) is 4.87. The van der Waals surface area contributed by atoms with Crippen LogP contribution in [0, 0.1) is 0 Å². The summed E-state index contributed by atoms with van der Waals surface area (Å²) in [7, 11) is 1.36. The Bertz CT molecular complexity index is 672. The monoisotopic (exact) mass is 274 g/mol. The number of benzene rings is 1. The highest BCUT2D eigenvalue weighted by Crippen LogP contribution is 2.37. The van der Waals surface area contributed by atoms with Gasteiger partial charge < -0.3 is 19.5 Å². The molecule has 0 spiro atoms. The van der Waals surface area contributed by atoms with Gasteiger partial charge in [-0.1, -0.05) is 0 Å². The third kappa shape index (κ3) is 2.09. The van der Waals surface area contributed by atoms with E-state index < -0.39 is 6.04 Å². The summed E-state index contributed by atoms with van der Waals surface area (Å²) in [6.45, 7) is 1.94. The van der Waals surface area contributed by atoms with Crippen LogP contribution in [0.25, 0.3) is 10.8 Å². The van der Waals surface area contributed by atoms with Crippen molar-refractivity contribution in [3.63, 3.8) is 0 Å². The highest BCUT2D eigenvalue weighted by atomic mass is 16.7. The molecule has 20 heavy (non-hydrogen) atoms. The van der Waals surface area contributed by atoms with Gasteiger partial charge >= 0.3 is 5.97 Å². The van der Waals surface area contributed by atoms with Gasteiger partial charge in [-0.25, -0.2) is 9.78 Å². The first kappa shape index (κ1) is 12.5. The fraction of sp³-hybridized carbons (Fsp3) is 0.286. The third-order valence-corrected chi connectivity index (χ3v) is 3.17. The van der Waals surface area contributed by atoms with Crippen LogP contribution in [0.4, 0.5) is 5.82 Å². The molecule has 104 valence electrons. The van der Waals surface area contributed by atoms with Gasteiger partial charge in [0, 0.05) is 11.6 Å².